The average Bonchev–Trinajstić information content (AvgIpc) is 3.07. The van der Waals surface area contributed by atoms with Gasteiger partial charge in [0.1, 0.15) is 18.6 Å². The van der Waals surface area contributed by atoms with Crippen molar-refractivity contribution in [2.75, 3.05) is 12.4 Å². The van der Waals surface area contributed by atoms with E-state index in [4.69, 9.17) is 14.6 Å². The molecular formula is C25H27N5O2. The van der Waals surface area contributed by atoms with Gasteiger partial charge >= 0.3 is 0 Å². The van der Waals surface area contributed by atoms with Crippen LogP contribution in [0, 0.1) is 0 Å². The summed E-state index contributed by atoms with van der Waals surface area (Å²) in [6, 6.07) is 17.9. The predicted molar refractivity (Wildman–Crippen MR) is 128 cm³/mol. The minimum absolute atomic E-state index is 0.0819. The Labute approximate surface area is 187 Å². The maximum Gasteiger partial charge on any atom is 0.208 e. The summed E-state index contributed by atoms with van der Waals surface area (Å²) in [5, 5.41) is 7.18. The van der Waals surface area contributed by atoms with Gasteiger partial charge in [0.15, 0.2) is 0 Å². The third-order valence-electron chi connectivity index (χ3n) is 5.12. The number of hydrogen-bond acceptors (Lipinski definition) is 6. The molecule has 0 saturated carbocycles. The average molecular weight is 430 g/mol. The molecule has 0 saturated heterocycles. The van der Waals surface area contributed by atoms with Gasteiger partial charge in [0, 0.05) is 31.1 Å². The zero-order valence-electron chi connectivity index (χ0n) is 19.0. The third kappa shape index (κ3) is 4.72. The number of fused-ring (bicyclic) bond motifs is 1. The molecule has 0 bridgehead atoms. The summed E-state index contributed by atoms with van der Waals surface area (Å²) in [5.74, 6) is 2.12. The van der Waals surface area contributed by atoms with Crippen LogP contribution in [0.1, 0.15) is 32.0 Å². The Bertz CT molecular complexity index is 1270. The Morgan fingerprint density at radius 2 is 1.84 bits per heavy atom. The summed E-state index contributed by atoms with van der Waals surface area (Å²) in [6.45, 7) is 6.62. The molecule has 0 unspecified atom stereocenters. The van der Waals surface area contributed by atoms with Gasteiger partial charge < -0.3 is 19.5 Å². The lowest BCUT2D eigenvalue weighted by Gasteiger charge is -2.20. The molecule has 32 heavy (non-hydrogen) atoms. The lowest BCUT2D eigenvalue weighted by atomic mass is 9.87. The fraction of sp³-hybridized carbons (Fsp3) is 0.240. The smallest absolute Gasteiger partial charge is 0.208 e. The lowest BCUT2D eigenvalue weighted by Crippen LogP contribution is -2.11. The van der Waals surface area contributed by atoms with Crippen LogP contribution in [-0.2, 0) is 17.3 Å². The van der Waals surface area contributed by atoms with Crippen molar-refractivity contribution in [2.45, 2.75) is 26.2 Å². The van der Waals surface area contributed by atoms with Crippen molar-refractivity contribution in [3.05, 3.63) is 72.1 Å². The van der Waals surface area contributed by atoms with Crippen LogP contribution in [0.5, 0.6) is 11.5 Å². The number of nitrogens with one attached hydrogen (secondary N) is 1. The van der Waals surface area contributed by atoms with E-state index in [-0.39, 0.29) is 5.41 Å². The molecule has 0 amide bonds. The molecular weight excluding hydrogens is 402 g/mol. The number of nitrogens with zero attached hydrogens (tertiary/aromatic N) is 4. The zero-order valence-corrected chi connectivity index (χ0v) is 19.0. The van der Waals surface area contributed by atoms with Crippen LogP contribution in [0.3, 0.4) is 0 Å². The summed E-state index contributed by atoms with van der Waals surface area (Å²) in [7, 11) is 3.49. The van der Waals surface area contributed by atoms with Crippen LogP contribution in [0.2, 0.25) is 0 Å². The van der Waals surface area contributed by atoms with Crippen LogP contribution in [0.25, 0.3) is 11.0 Å². The van der Waals surface area contributed by atoms with Crippen LogP contribution in [0.4, 0.5) is 11.6 Å². The highest BCUT2D eigenvalue weighted by Gasteiger charge is 2.15. The van der Waals surface area contributed by atoms with E-state index in [2.05, 4.69) is 60.5 Å². The first-order valence-electron chi connectivity index (χ1n) is 10.4. The van der Waals surface area contributed by atoms with E-state index in [1.165, 1.54) is 18.9 Å². The molecule has 7 heteroatoms. The van der Waals surface area contributed by atoms with Crippen molar-refractivity contribution in [1.29, 1.82) is 0 Å². The third-order valence-corrected chi connectivity index (χ3v) is 5.12. The first-order chi connectivity index (χ1) is 15.3. The van der Waals surface area contributed by atoms with Crippen molar-refractivity contribution < 1.29 is 9.57 Å². The number of anilines is 2. The topological polar surface area (TPSA) is 73.6 Å². The number of benzene rings is 2. The molecule has 7 nitrogen and oxygen atoms in total. The highest BCUT2D eigenvalue weighted by molar-refractivity contribution is 5.81. The van der Waals surface area contributed by atoms with Gasteiger partial charge in [0.05, 0.1) is 22.9 Å². The second kappa shape index (κ2) is 8.70. The normalized spacial score (nSPS) is 11.8. The number of rotatable bonds is 6. The molecule has 164 valence electrons. The first kappa shape index (κ1) is 21.4. The van der Waals surface area contributed by atoms with E-state index in [1.54, 1.807) is 18.3 Å². The van der Waals surface area contributed by atoms with Gasteiger partial charge in [-0.1, -0.05) is 38.1 Å². The summed E-state index contributed by atoms with van der Waals surface area (Å²) in [4.78, 5) is 13.7. The quantitative estimate of drug-likeness (QED) is 0.311. The largest absolute Gasteiger partial charge is 0.457 e. The van der Waals surface area contributed by atoms with Crippen molar-refractivity contribution in [3.63, 3.8) is 0 Å². The molecule has 0 aliphatic heterocycles. The van der Waals surface area contributed by atoms with E-state index < -0.39 is 0 Å². The summed E-state index contributed by atoms with van der Waals surface area (Å²) < 4.78 is 8.05. The van der Waals surface area contributed by atoms with Crippen LogP contribution >= 0.6 is 0 Å². The maximum absolute atomic E-state index is 6.02. The number of pyridine rings is 1. The van der Waals surface area contributed by atoms with Gasteiger partial charge in [-0.05, 0) is 41.3 Å². The van der Waals surface area contributed by atoms with Gasteiger partial charge in [-0.2, -0.15) is 0 Å². The number of ether oxygens (including phenoxy) is 1. The molecule has 0 aliphatic rings. The molecule has 4 rings (SSSR count). The number of aromatic nitrogens is 3. The Morgan fingerprint density at radius 1 is 1.03 bits per heavy atom. The van der Waals surface area contributed by atoms with E-state index in [0.29, 0.717) is 17.2 Å². The standard InChI is InChI=1S/C25H27N5O2/c1-25(2,3)17-7-6-8-18(13-17)28-24-29-22-15-20(9-10-23(22)30(24)4)32-21-11-12-26-19(14-21)16-27-31-5/h6-16H,1-5H3,(H,28,29). The second-order valence-corrected chi connectivity index (χ2v) is 8.54. The van der Waals surface area contributed by atoms with Gasteiger partial charge in [-0.15, -0.1) is 0 Å². The fourth-order valence-electron chi connectivity index (χ4n) is 3.35. The molecule has 2 aromatic heterocycles. The second-order valence-electron chi connectivity index (χ2n) is 8.54. The number of oxime groups is 1. The van der Waals surface area contributed by atoms with Crippen molar-refractivity contribution in [2.24, 2.45) is 12.2 Å². The van der Waals surface area contributed by atoms with Gasteiger partial charge in [-0.3, -0.25) is 4.98 Å². The maximum atomic E-state index is 6.02. The van der Waals surface area contributed by atoms with E-state index in [1.807, 2.05) is 29.8 Å². The highest BCUT2D eigenvalue weighted by atomic mass is 16.6. The van der Waals surface area contributed by atoms with Gasteiger partial charge in [0.25, 0.3) is 0 Å². The van der Waals surface area contributed by atoms with Gasteiger partial charge in [-0.25, -0.2) is 4.98 Å². The Kier molecular flexibility index (Phi) is 5.81. The molecule has 0 aliphatic carbocycles. The van der Waals surface area contributed by atoms with E-state index in [9.17, 15) is 0 Å². The van der Waals surface area contributed by atoms with Crippen LogP contribution in [0.15, 0.2) is 65.9 Å². The first-order valence-corrected chi connectivity index (χ1v) is 10.4. The molecule has 0 atom stereocenters. The van der Waals surface area contributed by atoms with E-state index in [0.717, 1.165) is 22.7 Å². The Balaban J connectivity index is 1.58. The summed E-state index contributed by atoms with van der Waals surface area (Å²) in [6.07, 6.45) is 3.20. The van der Waals surface area contributed by atoms with Crippen molar-refractivity contribution in [3.8, 4) is 11.5 Å². The summed E-state index contributed by atoms with van der Waals surface area (Å²) >= 11 is 0. The van der Waals surface area contributed by atoms with Crippen LogP contribution < -0.4 is 10.1 Å². The Morgan fingerprint density at radius 3 is 2.62 bits per heavy atom. The SMILES string of the molecule is CON=Cc1cc(Oc2ccc3c(c2)nc(Nc2cccc(C(C)(C)C)c2)n3C)ccn1. The minimum atomic E-state index is 0.0819. The van der Waals surface area contributed by atoms with Crippen molar-refractivity contribution >= 4 is 28.9 Å². The van der Waals surface area contributed by atoms with Crippen LogP contribution in [-0.4, -0.2) is 27.9 Å². The van der Waals surface area contributed by atoms with E-state index >= 15 is 0 Å². The Hall–Kier alpha value is -3.87. The molecule has 2 aromatic carbocycles. The molecule has 2 heterocycles. The number of imidazole rings is 1. The minimum Gasteiger partial charge on any atom is -0.457 e. The molecule has 4 aromatic rings. The molecule has 0 radical (unpaired) electrons. The highest BCUT2D eigenvalue weighted by Crippen LogP contribution is 2.29. The number of hydrogen-bond donors (Lipinski definition) is 1. The molecule has 0 fully saturated rings. The predicted octanol–water partition coefficient (Wildman–Crippen LogP) is 5.78. The van der Waals surface area contributed by atoms with Gasteiger partial charge in [0.2, 0.25) is 5.95 Å². The molecule has 0 spiro atoms. The zero-order chi connectivity index (χ0) is 22.7. The summed E-state index contributed by atoms with van der Waals surface area (Å²) in [5.41, 5.74) is 4.85. The lowest BCUT2D eigenvalue weighted by molar-refractivity contribution is 0.215. The van der Waals surface area contributed by atoms with Crippen molar-refractivity contribution in [1.82, 2.24) is 14.5 Å². The molecule has 1 N–H and O–H groups in total. The fourth-order valence-corrected chi connectivity index (χ4v) is 3.35. The number of aryl methyl sites for hydroxylation is 1. The monoisotopic (exact) mass is 429 g/mol.